The van der Waals surface area contributed by atoms with Crippen molar-refractivity contribution in [1.29, 1.82) is 0 Å². The van der Waals surface area contributed by atoms with Crippen molar-refractivity contribution in [3.8, 4) is 33.4 Å². The Morgan fingerprint density at radius 3 is 1.73 bits per heavy atom. The smallest absolute Gasteiger partial charge is 0.0726 e. The van der Waals surface area contributed by atoms with Crippen molar-refractivity contribution >= 4 is 17.1 Å². The molecule has 0 heterocycles. The zero-order chi connectivity index (χ0) is 38.9. The molecule has 56 heavy (non-hydrogen) atoms. The molecule has 276 valence electrons. The first-order chi connectivity index (χ1) is 26.8. The van der Waals surface area contributed by atoms with E-state index in [-0.39, 0.29) is 10.8 Å². The maximum Gasteiger partial charge on any atom is 0.0726 e. The van der Waals surface area contributed by atoms with Crippen LogP contribution in [0.4, 0.5) is 17.1 Å². The van der Waals surface area contributed by atoms with E-state index in [0.717, 1.165) is 0 Å². The quantitative estimate of drug-likeness (QED) is 0.175. The lowest BCUT2D eigenvalue weighted by Crippen LogP contribution is -2.27. The standard InChI is InChI=1S/C55H51N/c1-33(2)36-19-23-42-43-24-20-37(53(5,6)7)30-50(43)55(49(42)29-36)48-17-13-11-14-40(48)44-25-21-39(32-51(44)55)56(52-27-18-34(3)28-35(52)4)38-22-26-47-45(31-38)41-15-10-12-16-46(41)54(47,8)9/h10-33H,1-9H3. The Bertz CT molecular complexity index is 2770. The Labute approximate surface area is 333 Å². The van der Waals surface area contributed by atoms with E-state index in [2.05, 4.69) is 207 Å². The molecule has 0 saturated carbocycles. The minimum absolute atomic E-state index is 0.0113. The zero-order valence-electron chi connectivity index (χ0n) is 34.3. The SMILES string of the molecule is Cc1ccc(N(c2ccc3c(c2)-c2ccccc2C3(C)C)c2ccc3c(c2)C2(c4ccccc4-3)c3cc(C(C)C)ccc3-c3ccc(C(C)(C)C)cc32)c(C)c1. The summed E-state index contributed by atoms with van der Waals surface area (Å²) in [6.07, 6.45) is 0. The molecule has 1 spiro atoms. The van der Waals surface area contributed by atoms with Gasteiger partial charge in [0.15, 0.2) is 0 Å². The van der Waals surface area contributed by atoms with Crippen molar-refractivity contribution in [3.63, 3.8) is 0 Å². The molecule has 1 heteroatoms. The average molecular weight is 726 g/mol. The molecule has 0 saturated heterocycles. The van der Waals surface area contributed by atoms with Crippen LogP contribution in [0.3, 0.4) is 0 Å². The summed E-state index contributed by atoms with van der Waals surface area (Å²) in [5.74, 6) is 0.420. The van der Waals surface area contributed by atoms with E-state index in [1.807, 2.05) is 0 Å². The highest BCUT2D eigenvalue weighted by Gasteiger charge is 2.52. The Morgan fingerprint density at radius 1 is 0.482 bits per heavy atom. The van der Waals surface area contributed by atoms with E-state index >= 15 is 0 Å². The maximum absolute atomic E-state index is 2.55. The summed E-state index contributed by atoms with van der Waals surface area (Å²) in [5.41, 5.74) is 24.7. The van der Waals surface area contributed by atoms with Crippen molar-refractivity contribution in [1.82, 2.24) is 0 Å². The Morgan fingerprint density at radius 2 is 1.04 bits per heavy atom. The van der Waals surface area contributed by atoms with Crippen molar-refractivity contribution in [2.45, 2.75) is 84.5 Å². The number of rotatable bonds is 4. The maximum atomic E-state index is 2.55. The fourth-order valence-corrected chi connectivity index (χ4v) is 10.5. The first kappa shape index (κ1) is 34.8. The van der Waals surface area contributed by atoms with Crippen LogP contribution in [0.2, 0.25) is 0 Å². The number of fused-ring (bicyclic) bond motifs is 13. The number of aryl methyl sites for hydroxylation is 2. The van der Waals surface area contributed by atoms with Gasteiger partial charge in [0.2, 0.25) is 0 Å². The molecule has 3 aliphatic rings. The molecule has 0 aromatic heterocycles. The lowest BCUT2D eigenvalue weighted by atomic mass is 9.69. The zero-order valence-corrected chi connectivity index (χ0v) is 34.3. The number of benzene rings is 7. The molecule has 7 aromatic rings. The molecule has 3 aliphatic carbocycles. The van der Waals surface area contributed by atoms with Gasteiger partial charge in [-0.05, 0) is 139 Å². The summed E-state index contributed by atoms with van der Waals surface area (Å²) in [5, 5.41) is 0. The molecular weight excluding hydrogens is 675 g/mol. The van der Waals surface area contributed by atoms with Crippen molar-refractivity contribution in [3.05, 3.63) is 195 Å². The second-order valence-corrected chi connectivity index (χ2v) is 18.5. The van der Waals surface area contributed by atoms with Gasteiger partial charge in [0.1, 0.15) is 0 Å². The molecule has 0 radical (unpaired) electrons. The third-order valence-corrected chi connectivity index (χ3v) is 13.4. The first-order valence-corrected chi connectivity index (χ1v) is 20.5. The van der Waals surface area contributed by atoms with Gasteiger partial charge in [-0.3, -0.25) is 0 Å². The summed E-state index contributed by atoms with van der Waals surface area (Å²) >= 11 is 0. The minimum atomic E-state index is -0.451. The third kappa shape index (κ3) is 4.73. The number of anilines is 3. The van der Waals surface area contributed by atoms with Gasteiger partial charge in [0.25, 0.3) is 0 Å². The minimum Gasteiger partial charge on any atom is -0.310 e. The molecule has 1 unspecified atom stereocenters. The first-order valence-electron chi connectivity index (χ1n) is 20.5. The fraction of sp³-hybridized carbons (Fsp3) is 0.236. The van der Waals surface area contributed by atoms with E-state index in [1.165, 1.54) is 106 Å². The summed E-state index contributed by atoms with van der Waals surface area (Å²) in [7, 11) is 0. The second kappa shape index (κ2) is 11.9. The highest BCUT2D eigenvalue weighted by atomic mass is 15.1. The van der Waals surface area contributed by atoms with E-state index in [9.17, 15) is 0 Å². The van der Waals surface area contributed by atoms with Crippen LogP contribution in [-0.4, -0.2) is 0 Å². The van der Waals surface area contributed by atoms with Crippen molar-refractivity contribution in [2.75, 3.05) is 4.90 Å². The van der Waals surface area contributed by atoms with E-state index in [4.69, 9.17) is 0 Å². The van der Waals surface area contributed by atoms with Crippen LogP contribution in [0, 0.1) is 13.8 Å². The normalized spacial score (nSPS) is 16.7. The average Bonchev–Trinajstić information content (AvgIpc) is 3.73. The van der Waals surface area contributed by atoms with Gasteiger partial charge in [-0.2, -0.15) is 0 Å². The molecule has 0 N–H and O–H groups in total. The van der Waals surface area contributed by atoms with Crippen LogP contribution in [0.1, 0.15) is 110 Å². The number of hydrogen-bond donors (Lipinski definition) is 0. The highest BCUT2D eigenvalue weighted by Crippen LogP contribution is 2.64. The van der Waals surface area contributed by atoms with Crippen molar-refractivity contribution < 1.29 is 0 Å². The van der Waals surface area contributed by atoms with Crippen LogP contribution in [0.25, 0.3) is 33.4 Å². The Hall–Kier alpha value is -5.66. The molecule has 0 amide bonds. The second-order valence-electron chi connectivity index (χ2n) is 18.5. The van der Waals surface area contributed by atoms with Crippen molar-refractivity contribution in [2.24, 2.45) is 0 Å². The van der Waals surface area contributed by atoms with Gasteiger partial charge in [-0.25, -0.2) is 0 Å². The van der Waals surface area contributed by atoms with Gasteiger partial charge < -0.3 is 4.90 Å². The molecule has 1 atom stereocenters. The summed E-state index contributed by atoms with van der Waals surface area (Å²) in [6.45, 7) is 20.8. The Kier molecular flexibility index (Phi) is 7.41. The monoisotopic (exact) mass is 725 g/mol. The predicted octanol–water partition coefficient (Wildman–Crippen LogP) is 14.8. The van der Waals surface area contributed by atoms with Crippen LogP contribution < -0.4 is 4.90 Å². The van der Waals surface area contributed by atoms with E-state index in [1.54, 1.807) is 0 Å². The van der Waals surface area contributed by atoms with Crippen LogP contribution in [-0.2, 0) is 16.2 Å². The molecule has 0 aliphatic heterocycles. The summed E-state index contributed by atoms with van der Waals surface area (Å²) < 4.78 is 0. The number of hydrogen-bond acceptors (Lipinski definition) is 1. The molecule has 0 bridgehead atoms. The number of nitrogens with zero attached hydrogens (tertiary/aromatic N) is 1. The molecule has 0 fully saturated rings. The van der Waals surface area contributed by atoms with Gasteiger partial charge >= 0.3 is 0 Å². The highest BCUT2D eigenvalue weighted by molar-refractivity contribution is 5.97. The third-order valence-electron chi connectivity index (χ3n) is 13.4. The van der Waals surface area contributed by atoms with Crippen LogP contribution in [0.15, 0.2) is 140 Å². The molecule has 1 nitrogen and oxygen atoms in total. The lowest BCUT2D eigenvalue weighted by molar-refractivity contribution is 0.588. The predicted molar refractivity (Wildman–Crippen MR) is 237 cm³/mol. The largest absolute Gasteiger partial charge is 0.310 e. The summed E-state index contributed by atoms with van der Waals surface area (Å²) in [4.78, 5) is 2.52. The molecular formula is C55H51N. The Balaban J connectivity index is 1.27. The van der Waals surface area contributed by atoms with Gasteiger partial charge in [-0.15, -0.1) is 0 Å². The van der Waals surface area contributed by atoms with Crippen LogP contribution >= 0.6 is 0 Å². The lowest BCUT2D eigenvalue weighted by Gasteiger charge is -2.34. The van der Waals surface area contributed by atoms with Crippen LogP contribution in [0.5, 0.6) is 0 Å². The van der Waals surface area contributed by atoms with E-state index in [0.29, 0.717) is 5.92 Å². The topological polar surface area (TPSA) is 3.24 Å². The summed E-state index contributed by atoms with van der Waals surface area (Å²) in [6, 6.07) is 54.2. The fourth-order valence-electron chi connectivity index (χ4n) is 10.5. The van der Waals surface area contributed by atoms with Gasteiger partial charge in [-0.1, -0.05) is 163 Å². The molecule has 10 rings (SSSR count). The van der Waals surface area contributed by atoms with E-state index < -0.39 is 5.41 Å². The van der Waals surface area contributed by atoms with Gasteiger partial charge in [0, 0.05) is 22.5 Å². The van der Waals surface area contributed by atoms with Gasteiger partial charge in [0.05, 0.1) is 5.41 Å². The molecule has 7 aromatic carbocycles.